The van der Waals surface area contributed by atoms with E-state index in [1.807, 2.05) is 11.3 Å². The van der Waals surface area contributed by atoms with Gasteiger partial charge in [-0.2, -0.15) is 0 Å². The molecule has 2 saturated heterocycles. The van der Waals surface area contributed by atoms with Gasteiger partial charge in [0.2, 0.25) is 5.91 Å². The average molecular weight is 334 g/mol. The van der Waals surface area contributed by atoms with Gasteiger partial charge >= 0.3 is 0 Å². The van der Waals surface area contributed by atoms with Gasteiger partial charge in [0.1, 0.15) is 6.61 Å². The number of carbonyl (C=O) groups is 1. The minimum atomic E-state index is -0.116. The van der Waals surface area contributed by atoms with E-state index in [1.54, 1.807) is 0 Å². The van der Waals surface area contributed by atoms with Crippen molar-refractivity contribution >= 4 is 17.2 Å². The first-order valence-electron chi connectivity index (χ1n) is 8.84. The predicted molar refractivity (Wildman–Crippen MR) is 91.4 cm³/mol. The van der Waals surface area contributed by atoms with Crippen molar-refractivity contribution in [1.82, 2.24) is 9.80 Å². The molecule has 4 rings (SSSR count). The van der Waals surface area contributed by atoms with Crippen LogP contribution in [-0.2, 0) is 16.1 Å². The lowest BCUT2D eigenvalue weighted by Gasteiger charge is -2.51. The van der Waals surface area contributed by atoms with Crippen LogP contribution in [0.15, 0.2) is 17.5 Å². The van der Waals surface area contributed by atoms with E-state index in [9.17, 15) is 4.79 Å². The Balaban J connectivity index is 1.39. The van der Waals surface area contributed by atoms with Gasteiger partial charge in [0, 0.05) is 31.1 Å². The summed E-state index contributed by atoms with van der Waals surface area (Å²) in [5.74, 6) is 0.937. The first-order chi connectivity index (χ1) is 11.2. The minimum absolute atomic E-state index is 0.116. The number of nitrogens with zero attached hydrogens (tertiary/aromatic N) is 2. The molecule has 1 amide bonds. The molecule has 5 heteroatoms. The Morgan fingerprint density at radius 2 is 2.13 bits per heavy atom. The summed E-state index contributed by atoms with van der Waals surface area (Å²) in [6.07, 6.45) is 4.65. The smallest absolute Gasteiger partial charge is 0.248 e. The van der Waals surface area contributed by atoms with Crippen LogP contribution in [0.3, 0.4) is 0 Å². The van der Waals surface area contributed by atoms with Crippen LogP contribution < -0.4 is 0 Å². The SMILES string of the molecule is C[C@H]1N(CC2CC2)C(=O)COC12CCN(Cc1cccs1)CC2. The van der Waals surface area contributed by atoms with Gasteiger partial charge < -0.3 is 9.64 Å². The van der Waals surface area contributed by atoms with Gasteiger partial charge in [-0.15, -0.1) is 11.3 Å². The Morgan fingerprint density at radius 3 is 2.78 bits per heavy atom. The fourth-order valence-electron chi connectivity index (χ4n) is 4.02. The number of hydrogen-bond donors (Lipinski definition) is 0. The molecule has 3 heterocycles. The fraction of sp³-hybridized carbons (Fsp3) is 0.722. The molecule has 0 bridgehead atoms. The lowest BCUT2D eigenvalue weighted by molar-refractivity contribution is -0.187. The maximum Gasteiger partial charge on any atom is 0.248 e. The van der Waals surface area contributed by atoms with Crippen molar-refractivity contribution in [2.45, 2.75) is 50.8 Å². The highest BCUT2D eigenvalue weighted by Crippen LogP contribution is 2.38. The third-order valence-electron chi connectivity index (χ3n) is 5.85. The summed E-state index contributed by atoms with van der Waals surface area (Å²) in [7, 11) is 0. The molecule has 1 aliphatic carbocycles. The molecule has 4 nitrogen and oxygen atoms in total. The molecule has 1 spiro atoms. The second kappa shape index (κ2) is 6.19. The lowest BCUT2D eigenvalue weighted by atomic mass is 9.82. The zero-order chi connectivity index (χ0) is 15.9. The van der Waals surface area contributed by atoms with Crippen LogP contribution in [0.2, 0.25) is 0 Å². The Morgan fingerprint density at radius 1 is 1.35 bits per heavy atom. The number of amides is 1. The van der Waals surface area contributed by atoms with Crippen molar-refractivity contribution in [3.05, 3.63) is 22.4 Å². The molecule has 0 N–H and O–H groups in total. The highest BCUT2D eigenvalue weighted by Gasteiger charge is 2.48. The van der Waals surface area contributed by atoms with Gasteiger partial charge in [-0.3, -0.25) is 9.69 Å². The number of ether oxygens (including phenoxy) is 1. The number of rotatable bonds is 4. The normalized spacial score (nSPS) is 28.5. The molecule has 1 aromatic rings. The molecule has 1 saturated carbocycles. The van der Waals surface area contributed by atoms with Gasteiger partial charge in [-0.25, -0.2) is 0 Å². The van der Waals surface area contributed by atoms with E-state index in [-0.39, 0.29) is 24.2 Å². The Hall–Kier alpha value is -0.910. The van der Waals surface area contributed by atoms with Crippen molar-refractivity contribution in [2.24, 2.45) is 5.92 Å². The summed E-state index contributed by atoms with van der Waals surface area (Å²) in [6.45, 7) is 6.61. The number of likely N-dealkylation sites (tertiary alicyclic amines) is 1. The van der Waals surface area contributed by atoms with Gasteiger partial charge in [0.15, 0.2) is 0 Å². The topological polar surface area (TPSA) is 32.8 Å². The van der Waals surface area contributed by atoms with Crippen LogP contribution in [0.25, 0.3) is 0 Å². The number of piperidine rings is 1. The first kappa shape index (κ1) is 15.6. The van der Waals surface area contributed by atoms with Crippen LogP contribution in [0.4, 0.5) is 0 Å². The molecule has 1 aromatic heterocycles. The van der Waals surface area contributed by atoms with E-state index >= 15 is 0 Å². The molecule has 23 heavy (non-hydrogen) atoms. The quantitative estimate of drug-likeness (QED) is 0.849. The van der Waals surface area contributed by atoms with Crippen molar-refractivity contribution in [3.63, 3.8) is 0 Å². The molecule has 3 aliphatic rings. The molecular formula is C18H26N2O2S. The van der Waals surface area contributed by atoms with Crippen molar-refractivity contribution in [1.29, 1.82) is 0 Å². The minimum Gasteiger partial charge on any atom is -0.363 e. The number of hydrogen-bond acceptors (Lipinski definition) is 4. The van der Waals surface area contributed by atoms with E-state index in [0.29, 0.717) is 0 Å². The molecule has 3 fully saturated rings. The van der Waals surface area contributed by atoms with E-state index < -0.39 is 0 Å². The third kappa shape index (κ3) is 3.19. The Bertz CT molecular complexity index is 547. The molecule has 1 atom stereocenters. The standard InChI is InChI=1S/C18H26N2O2S/c1-14-18(22-13-17(21)20(14)11-15-4-5-15)6-8-19(9-7-18)12-16-3-2-10-23-16/h2-3,10,14-15H,4-9,11-13H2,1H3/t14-/m1/s1. The van der Waals surface area contributed by atoms with Crippen LogP contribution >= 0.6 is 11.3 Å². The fourth-order valence-corrected chi connectivity index (χ4v) is 4.77. The summed E-state index contributed by atoms with van der Waals surface area (Å²) in [4.78, 5) is 18.3. The van der Waals surface area contributed by atoms with Crippen LogP contribution in [0, 0.1) is 5.92 Å². The molecular weight excluding hydrogens is 308 g/mol. The van der Waals surface area contributed by atoms with Crippen LogP contribution in [-0.4, -0.2) is 53.6 Å². The zero-order valence-electron chi connectivity index (χ0n) is 13.9. The van der Waals surface area contributed by atoms with E-state index in [0.717, 1.165) is 44.9 Å². The van der Waals surface area contributed by atoms with Crippen molar-refractivity contribution in [3.8, 4) is 0 Å². The summed E-state index contributed by atoms with van der Waals surface area (Å²) in [6, 6.07) is 4.55. The monoisotopic (exact) mass is 334 g/mol. The predicted octanol–water partition coefficient (Wildman–Crippen LogP) is 2.74. The van der Waals surface area contributed by atoms with Crippen molar-refractivity contribution in [2.75, 3.05) is 26.2 Å². The number of morpholine rings is 1. The molecule has 0 unspecified atom stereocenters. The van der Waals surface area contributed by atoms with Crippen molar-refractivity contribution < 1.29 is 9.53 Å². The average Bonchev–Trinajstić information content (AvgIpc) is 3.24. The summed E-state index contributed by atoms with van der Waals surface area (Å²) < 4.78 is 6.13. The maximum absolute atomic E-state index is 12.3. The Labute approximate surface area is 142 Å². The van der Waals surface area contributed by atoms with Crippen LogP contribution in [0.1, 0.15) is 37.5 Å². The molecule has 126 valence electrons. The highest BCUT2D eigenvalue weighted by atomic mass is 32.1. The van der Waals surface area contributed by atoms with Gasteiger partial charge in [-0.05, 0) is 50.0 Å². The molecule has 0 aromatic carbocycles. The summed E-state index contributed by atoms with van der Waals surface area (Å²) in [5.41, 5.74) is -0.116. The zero-order valence-corrected chi connectivity index (χ0v) is 14.7. The van der Waals surface area contributed by atoms with E-state index in [2.05, 4.69) is 34.2 Å². The van der Waals surface area contributed by atoms with Gasteiger partial charge in [0.05, 0.1) is 11.6 Å². The maximum atomic E-state index is 12.3. The molecule has 0 radical (unpaired) electrons. The second-order valence-electron chi connectivity index (χ2n) is 7.37. The second-order valence-corrected chi connectivity index (χ2v) is 8.41. The number of thiophene rings is 1. The highest BCUT2D eigenvalue weighted by molar-refractivity contribution is 7.09. The molecule has 2 aliphatic heterocycles. The number of carbonyl (C=O) groups excluding carboxylic acids is 1. The largest absolute Gasteiger partial charge is 0.363 e. The third-order valence-corrected chi connectivity index (χ3v) is 6.71. The first-order valence-corrected chi connectivity index (χ1v) is 9.72. The van der Waals surface area contributed by atoms with E-state index in [1.165, 1.54) is 17.7 Å². The Kier molecular flexibility index (Phi) is 4.20. The summed E-state index contributed by atoms with van der Waals surface area (Å²) in [5, 5.41) is 2.15. The van der Waals surface area contributed by atoms with Gasteiger partial charge in [0.25, 0.3) is 0 Å². The summed E-state index contributed by atoms with van der Waals surface area (Å²) >= 11 is 1.83. The van der Waals surface area contributed by atoms with Gasteiger partial charge in [-0.1, -0.05) is 6.07 Å². The lowest BCUT2D eigenvalue weighted by Crippen LogP contribution is -2.64. The van der Waals surface area contributed by atoms with E-state index in [4.69, 9.17) is 4.74 Å². The van der Waals surface area contributed by atoms with Crippen LogP contribution in [0.5, 0.6) is 0 Å².